The molecule has 0 radical (unpaired) electrons. The van der Waals surface area contributed by atoms with Crippen LogP contribution in [0.25, 0.3) is 32.8 Å². The van der Waals surface area contributed by atoms with E-state index in [1.54, 1.807) is 27.5 Å². The molecule has 0 atom stereocenters. The molecule has 0 aliphatic carbocycles. The Bertz CT molecular complexity index is 1330. The second kappa shape index (κ2) is 6.91. The van der Waals surface area contributed by atoms with E-state index in [9.17, 15) is 4.79 Å². The molecule has 150 valence electrons. The number of para-hydroxylation sites is 1. The third-order valence-electron chi connectivity index (χ3n) is 5.51. The standard InChI is InChI=1S/C24H19NO5/c1-27-18-6-4-5-16-15(7-8-25-23(16)18)22-17-11-20(29-3)19(28-2)10-13(17)9-14-12-30-24(26)21(14)22/h4-11H,12H2,1-3H3. The topological polar surface area (TPSA) is 66.9 Å². The first-order valence-electron chi connectivity index (χ1n) is 9.47. The number of ether oxygens (including phenoxy) is 4. The lowest BCUT2D eigenvalue weighted by Crippen LogP contribution is -2.00. The van der Waals surface area contributed by atoms with Crippen LogP contribution in [0, 0.1) is 0 Å². The van der Waals surface area contributed by atoms with Crippen molar-refractivity contribution in [2.24, 2.45) is 0 Å². The van der Waals surface area contributed by atoms with Crippen LogP contribution < -0.4 is 14.2 Å². The van der Waals surface area contributed by atoms with Gasteiger partial charge in [0.25, 0.3) is 0 Å². The van der Waals surface area contributed by atoms with Gasteiger partial charge in [-0.1, -0.05) is 12.1 Å². The van der Waals surface area contributed by atoms with Crippen molar-refractivity contribution in [1.82, 2.24) is 4.98 Å². The number of carbonyl (C=O) groups excluding carboxylic acids is 1. The number of methoxy groups -OCH3 is 3. The third kappa shape index (κ3) is 2.57. The molecule has 0 saturated heterocycles. The molecule has 0 amide bonds. The van der Waals surface area contributed by atoms with Crippen molar-refractivity contribution in [2.45, 2.75) is 6.61 Å². The summed E-state index contributed by atoms with van der Waals surface area (Å²) >= 11 is 0. The van der Waals surface area contributed by atoms with E-state index in [0.717, 1.165) is 38.4 Å². The molecule has 1 aliphatic heterocycles. The Labute approximate surface area is 173 Å². The summed E-state index contributed by atoms with van der Waals surface area (Å²) in [7, 11) is 4.82. The SMILES string of the molecule is COc1cc2cc3c(c(-c4ccnc5c(OC)cccc45)c2cc1OC)C(=O)OC3. The fraction of sp³-hybridized carbons (Fsp3) is 0.167. The number of nitrogens with zero attached hydrogens (tertiary/aromatic N) is 1. The number of pyridine rings is 1. The summed E-state index contributed by atoms with van der Waals surface area (Å²) in [5.74, 6) is 1.56. The molecule has 1 aromatic heterocycles. The van der Waals surface area contributed by atoms with Crippen LogP contribution in [0.15, 0.2) is 48.7 Å². The quantitative estimate of drug-likeness (QED) is 0.460. The van der Waals surface area contributed by atoms with E-state index in [4.69, 9.17) is 18.9 Å². The normalized spacial score (nSPS) is 12.7. The van der Waals surface area contributed by atoms with Gasteiger partial charge < -0.3 is 18.9 Å². The predicted octanol–water partition coefficient (Wildman–Crippen LogP) is 4.75. The molecule has 0 spiro atoms. The average Bonchev–Trinajstić information content (AvgIpc) is 3.15. The van der Waals surface area contributed by atoms with Crippen LogP contribution in [-0.2, 0) is 11.3 Å². The predicted molar refractivity (Wildman–Crippen MR) is 113 cm³/mol. The number of aromatic nitrogens is 1. The molecule has 3 aromatic carbocycles. The van der Waals surface area contributed by atoms with Gasteiger partial charge >= 0.3 is 5.97 Å². The highest BCUT2D eigenvalue weighted by atomic mass is 16.5. The van der Waals surface area contributed by atoms with E-state index in [1.165, 1.54) is 0 Å². The Morgan fingerprint density at radius 3 is 2.40 bits per heavy atom. The molecule has 6 heteroatoms. The van der Waals surface area contributed by atoms with Gasteiger partial charge in [-0.2, -0.15) is 0 Å². The molecule has 0 bridgehead atoms. The van der Waals surface area contributed by atoms with E-state index in [1.807, 2.05) is 42.5 Å². The van der Waals surface area contributed by atoms with Gasteiger partial charge in [-0.25, -0.2) is 4.79 Å². The molecule has 0 saturated carbocycles. The Morgan fingerprint density at radius 2 is 1.63 bits per heavy atom. The maximum atomic E-state index is 12.7. The minimum absolute atomic E-state index is 0.248. The summed E-state index contributed by atoms with van der Waals surface area (Å²) in [5, 5.41) is 2.70. The number of rotatable bonds is 4. The second-order valence-corrected chi connectivity index (χ2v) is 7.01. The zero-order valence-corrected chi connectivity index (χ0v) is 16.8. The molecule has 0 fully saturated rings. The smallest absolute Gasteiger partial charge is 0.339 e. The van der Waals surface area contributed by atoms with Gasteiger partial charge in [0.05, 0.1) is 26.9 Å². The van der Waals surface area contributed by atoms with E-state index in [2.05, 4.69) is 4.98 Å². The minimum atomic E-state index is -0.329. The molecule has 4 aromatic rings. The summed E-state index contributed by atoms with van der Waals surface area (Å²) in [6.07, 6.45) is 1.73. The number of hydrogen-bond donors (Lipinski definition) is 0. The molecular formula is C24H19NO5. The summed E-state index contributed by atoms with van der Waals surface area (Å²) in [6.45, 7) is 0.248. The number of cyclic esters (lactones) is 1. The van der Waals surface area contributed by atoms with Gasteiger partial charge in [0.1, 0.15) is 17.9 Å². The third-order valence-corrected chi connectivity index (χ3v) is 5.51. The van der Waals surface area contributed by atoms with Crippen LogP contribution in [0.5, 0.6) is 17.2 Å². The van der Waals surface area contributed by atoms with Crippen LogP contribution in [-0.4, -0.2) is 32.3 Å². The summed E-state index contributed by atoms with van der Waals surface area (Å²) in [5.41, 5.74) is 3.83. The van der Waals surface area contributed by atoms with Crippen molar-refractivity contribution in [2.75, 3.05) is 21.3 Å². The molecular weight excluding hydrogens is 382 g/mol. The lowest BCUT2D eigenvalue weighted by Gasteiger charge is -2.16. The van der Waals surface area contributed by atoms with Crippen molar-refractivity contribution < 1.29 is 23.7 Å². The zero-order chi connectivity index (χ0) is 20.8. The Kier molecular flexibility index (Phi) is 4.20. The van der Waals surface area contributed by atoms with E-state index in [-0.39, 0.29) is 12.6 Å². The maximum absolute atomic E-state index is 12.7. The first-order valence-corrected chi connectivity index (χ1v) is 9.47. The van der Waals surface area contributed by atoms with Gasteiger partial charge in [0.2, 0.25) is 0 Å². The first kappa shape index (κ1) is 18.2. The van der Waals surface area contributed by atoms with Crippen LogP contribution in [0.4, 0.5) is 0 Å². The summed E-state index contributed by atoms with van der Waals surface area (Å²) in [4.78, 5) is 17.2. The van der Waals surface area contributed by atoms with Gasteiger partial charge in [-0.15, -0.1) is 0 Å². The number of hydrogen-bond acceptors (Lipinski definition) is 6. The molecule has 1 aliphatic rings. The Hall–Kier alpha value is -3.80. The number of fused-ring (bicyclic) bond motifs is 3. The lowest BCUT2D eigenvalue weighted by molar-refractivity contribution is 0.0535. The minimum Gasteiger partial charge on any atom is -0.494 e. The molecule has 30 heavy (non-hydrogen) atoms. The largest absolute Gasteiger partial charge is 0.494 e. The molecule has 5 rings (SSSR count). The lowest BCUT2D eigenvalue weighted by atomic mass is 9.89. The van der Waals surface area contributed by atoms with Crippen molar-refractivity contribution in [3.8, 4) is 28.4 Å². The van der Waals surface area contributed by atoms with Crippen LogP contribution in [0.1, 0.15) is 15.9 Å². The molecule has 0 N–H and O–H groups in total. The van der Waals surface area contributed by atoms with E-state index >= 15 is 0 Å². The van der Waals surface area contributed by atoms with Crippen LogP contribution in [0.3, 0.4) is 0 Å². The number of carbonyl (C=O) groups is 1. The Morgan fingerprint density at radius 1 is 0.867 bits per heavy atom. The highest BCUT2D eigenvalue weighted by molar-refractivity contribution is 6.15. The van der Waals surface area contributed by atoms with Crippen LogP contribution in [0.2, 0.25) is 0 Å². The van der Waals surface area contributed by atoms with Gasteiger partial charge in [-0.3, -0.25) is 4.98 Å². The van der Waals surface area contributed by atoms with Crippen molar-refractivity contribution in [3.63, 3.8) is 0 Å². The summed E-state index contributed by atoms with van der Waals surface area (Å²) in [6, 6.07) is 13.5. The monoisotopic (exact) mass is 401 g/mol. The number of benzene rings is 3. The highest BCUT2D eigenvalue weighted by Gasteiger charge is 2.29. The fourth-order valence-corrected chi connectivity index (χ4v) is 4.16. The van der Waals surface area contributed by atoms with Crippen molar-refractivity contribution in [3.05, 3.63) is 59.8 Å². The molecule has 0 unspecified atom stereocenters. The fourth-order valence-electron chi connectivity index (χ4n) is 4.16. The average molecular weight is 401 g/mol. The summed E-state index contributed by atoms with van der Waals surface area (Å²) < 4.78 is 21.9. The van der Waals surface area contributed by atoms with Crippen molar-refractivity contribution >= 4 is 27.6 Å². The van der Waals surface area contributed by atoms with Crippen molar-refractivity contribution in [1.29, 1.82) is 0 Å². The molecule has 6 nitrogen and oxygen atoms in total. The second-order valence-electron chi connectivity index (χ2n) is 7.01. The van der Waals surface area contributed by atoms with Crippen LogP contribution >= 0.6 is 0 Å². The van der Waals surface area contributed by atoms with Gasteiger partial charge in [0, 0.05) is 22.7 Å². The highest BCUT2D eigenvalue weighted by Crippen LogP contribution is 2.44. The zero-order valence-electron chi connectivity index (χ0n) is 16.8. The Balaban J connectivity index is 1.95. The van der Waals surface area contributed by atoms with E-state index in [0.29, 0.717) is 22.8 Å². The van der Waals surface area contributed by atoms with Gasteiger partial charge in [-0.05, 0) is 46.7 Å². The van der Waals surface area contributed by atoms with Gasteiger partial charge in [0.15, 0.2) is 11.5 Å². The van der Waals surface area contributed by atoms with E-state index < -0.39 is 0 Å². The maximum Gasteiger partial charge on any atom is 0.339 e. The number of esters is 1. The first-order chi connectivity index (χ1) is 14.7. The molecule has 2 heterocycles.